The lowest BCUT2D eigenvalue weighted by Crippen LogP contribution is -2.21. The van der Waals surface area contributed by atoms with Crippen molar-refractivity contribution in [3.63, 3.8) is 0 Å². The molecule has 0 amide bonds. The van der Waals surface area contributed by atoms with Crippen molar-refractivity contribution in [3.8, 4) is 5.88 Å². The molecule has 0 spiro atoms. The van der Waals surface area contributed by atoms with Crippen molar-refractivity contribution in [1.82, 2.24) is 9.82 Å². The first-order valence-corrected chi connectivity index (χ1v) is 9.67. The largest absolute Gasteiger partial charge is 0.481 e. The number of benzene rings is 1. The molecule has 1 heterocycles. The van der Waals surface area contributed by atoms with E-state index in [1.807, 2.05) is 13.0 Å². The van der Waals surface area contributed by atoms with Gasteiger partial charge in [0.1, 0.15) is 0 Å². The SMILES string of the molecule is COc1ccc2c(n1)CCCC/C2=N\NS(=O)(=O)c1ccc(C)cc1. The lowest BCUT2D eigenvalue weighted by atomic mass is 10.1. The molecule has 25 heavy (non-hydrogen) atoms. The summed E-state index contributed by atoms with van der Waals surface area (Å²) in [6.45, 7) is 1.91. The molecule has 1 aliphatic carbocycles. The average Bonchev–Trinajstić information content (AvgIpc) is 2.82. The van der Waals surface area contributed by atoms with Crippen molar-refractivity contribution in [2.24, 2.45) is 5.10 Å². The van der Waals surface area contributed by atoms with Crippen molar-refractivity contribution in [3.05, 3.63) is 53.2 Å². The Morgan fingerprint density at radius 3 is 2.52 bits per heavy atom. The smallest absolute Gasteiger partial charge is 0.276 e. The number of hydrogen-bond acceptors (Lipinski definition) is 5. The second kappa shape index (κ2) is 7.23. The first-order valence-electron chi connectivity index (χ1n) is 8.19. The number of rotatable bonds is 4. The molecule has 132 valence electrons. The Morgan fingerprint density at radius 2 is 1.80 bits per heavy atom. The quantitative estimate of drug-likeness (QED) is 0.672. The number of fused-ring (bicyclic) bond motifs is 1. The summed E-state index contributed by atoms with van der Waals surface area (Å²) in [4.78, 5) is 7.04. The zero-order valence-corrected chi connectivity index (χ0v) is 15.1. The number of pyridine rings is 1. The van der Waals surface area contributed by atoms with Crippen LogP contribution in [0.25, 0.3) is 0 Å². The van der Waals surface area contributed by atoms with E-state index in [9.17, 15) is 8.42 Å². The van der Waals surface area contributed by atoms with Gasteiger partial charge in [0.05, 0.1) is 23.4 Å². The van der Waals surface area contributed by atoms with Crippen LogP contribution in [0.2, 0.25) is 0 Å². The van der Waals surface area contributed by atoms with Crippen LogP contribution in [0.3, 0.4) is 0 Å². The van der Waals surface area contributed by atoms with Gasteiger partial charge in [-0.3, -0.25) is 0 Å². The Balaban J connectivity index is 1.90. The summed E-state index contributed by atoms with van der Waals surface area (Å²) >= 11 is 0. The number of methoxy groups -OCH3 is 1. The van der Waals surface area contributed by atoms with Crippen LogP contribution in [0.15, 0.2) is 46.4 Å². The van der Waals surface area contributed by atoms with Crippen molar-refractivity contribution in [2.45, 2.75) is 37.5 Å². The first kappa shape index (κ1) is 17.4. The minimum Gasteiger partial charge on any atom is -0.481 e. The van der Waals surface area contributed by atoms with E-state index < -0.39 is 10.0 Å². The van der Waals surface area contributed by atoms with Gasteiger partial charge in [-0.05, 0) is 50.8 Å². The summed E-state index contributed by atoms with van der Waals surface area (Å²) in [6.07, 6.45) is 3.45. The lowest BCUT2D eigenvalue weighted by Gasteiger charge is -2.10. The molecule has 0 fully saturated rings. The second-order valence-electron chi connectivity index (χ2n) is 6.02. The highest BCUT2D eigenvalue weighted by Gasteiger charge is 2.18. The van der Waals surface area contributed by atoms with Crippen molar-refractivity contribution in [2.75, 3.05) is 7.11 Å². The molecule has 3 rings (SSSR count). The van der Waals surface area contributed by atoms with Crippen LogP contribution in [0.1, 0.15) is 36.1 Å². The van der Waals surface area contributed by atoms with E-state index in [2.05, 4.69) is 14.9 Å². The number of hydrogen-bond donors (Lipinski definition) is 1. The maximum Gasteiger partial charge on any atom is 0.276 e. The number of sulfonamides is 1. The van der Waals surface area contributed by atoms with Crippen LogP contribution in [-0.4, -0.2) is 26.2 Å². The Labute approximate surface area is 148 Å². The molecule has 1 aromatic heterocycles. The van der Waals surface area contributed by atoms with Crippen molar-refractivity contribution >= 4 is 15.7 Å². The first-order chi connectivity index (χ1) is 12.0. The van der Waals surface area contributed by atoms with Crippen LogP contribution in [0.4, 0.5) is 0 Å². The van der Waals surface area contributed by atoms with Crippen LogP contribution in [-0.2, 0) is 16.4 Å². The summed E-state index contributed by atoms with van der Waals surface area (Å²) in [5.74, 6) is 0.556. The number of ether oxygens (including phenoxy) is 1. The zero-order valence-electron chi connectivity index (χ0n) is 14.3. The Bertz CT molecular complexity index is 890. The average molecular weight is 359 g/mol. The molecule has 0 bridgehead atoms. The fourth-order valence-corrected chi connectivity index (χ4v) is 3.60. The van der Waals surface area contributed by atoms with E-state index in [0.29, 0.717) is 18.0 Å². The van der Waals surface area contributed by atoms with Gasteiger partial charge in [-0.1, -0.05) is 17.7 Å². The minimum atomic E-state index is -3.69. The van der Waals surface area contributed by atoms with Crippen molar-refractivity contribution in [1.29, 1.82) is 0 Å². The highest BCUT2D eigenvalue weighted by atomic mass is 32.2. The van der Waals surface area contributed by atoms with Gasteiger partial charge in [-0.25, -0.2) is 4.98 Å². The standard InChI is InChI=1S/C18H21N3O3S/c1-13-7-9-14(10-8-13)25(22,23)21-20-17-6-4-3-5-16-15(17)11-12-18(19-16)24-2/h7-12,21H,3-6H2,1-2H3/b20-17+. The van der Waals surface area contributed by atoms with E-state index in [0.717, 1.165) is 36.1 Å². The van der Waals surface area contributed by atoms with Crippen LogP contribution >= 0.6 is 0 Å². The van der Waals surface area contributed by atoms with E-state index in [1.165, 1.54) is 0 Å². The molecule has 1 aliphatic rings. The molecule has 0 radical (unpaired) electrons. The van der Waals surface area contributed by atoms with Gasteiger partial charge in [0, 0.05) is 11.6 Å². The number of hydrazone groups is 1. The van der Waals surface area contributed by atoms with Crippen molar-refractivity contribution < 1.29 is 13.2 Å². The highest BCUT2D eigenvalue weighted by molar-refractivity contribution is 7.89. The Hall–Kier alpha value is -2.41. The van der Waals surface area contributed by atoms with Gasteiger partial charge in [0.15, 0.2) is 0 Å². The summed E-state index contributed by atoms with van der Waals surface area (Å²) < 4.78 is 30.0. The van der Waals surface area contributed by atoms with Gasteiger partial charge >= 0.3 is 0 Å². The summed E-state index contributed by atoms with van der Waals surface area (Å²) in [5.41, 5.74) is 3.48. The van der Waals surface area contributed by atoms with E-state index in [1.54, 1.807) is 37.4 Å². The van der Waals surface area contributed by atoms with Gasteiger partial charge in [-0.15, -0.1) is 0 Å². The summed E-state index contributed by atoms with van der Waals surface area (Å²) in [5, 5.41) is 4.21. The Kier molecular flexibility index (Phi) is 5.03. The fraction of sp³-hybridized carbons (Fsp3) is 0.333. The third kappa shape index (κ3) is 3.99. The van der Waals surface area contributed by atoms with Gasteiger partial charge in [-0.2, -0.15) is 18.4 Å². The predicted octanol–water partition coefficient (Wildman–Crippen LogP) is 2.81. The fourth-order valence-electron chi connectivity index (χ4n) is 2.77. The summed E-state index contributed by atoms with van der Waals surface area (Å²) in [6, 6.07) is 10.3. The van der Waals surface area contributed by atoms with E-state index >= 15 is 0 Å². The number of nitrogens with zero attached hydrogens (tertiary/aromatic N) is 2. The molecule has 0 atom stereocenters. The lowest BCUT2D eigenvalue weighted by molar-refractivity contribution is 0.396. The zero-order chi connectivity index (χ0) is 17.9. The van der Waals surface area contributed by atoms with Gasteiger partial charge in [0.2, 0.25) is 5.88 Å². The molecule has 6 nitrogen and oxygen atoms in total. The molecule has 1 N–H and O–H groups in total. The molecule has 2 aromatic rings. The third-order valence-corrected chi connectivity index (χ3v) is 5.40. The van der Waals surface area contributed by atoms with Crippen LogP contribution < -0.4 is 9.57 Å². The third-order valence-electron chi connectivity index (χ3n) is 4.18. The van der Waals surface area contributed by atoms with Crippen LogP contribution in [0.5, 0.6) is 5.88 Å². The number of aryl methyl sites for hydroxylation is 2. The molecular formula is C18H21N3O3S. The van der Waals surface area contributed by atoms with E-state index in [-0.39, 0.29) is 4.90 Å². The Morgan fingerprint density at radius 1 is 1.08 bits per heavy atom. The van der Waals surface area contributed by atoms with Gasteiger partial charge < -0.3 is 4.74 Å². The number of nitrogens with one attached hydrogen (secondary N) is 1. The topological polar surface area (TPSA) is 80.7 Å². The molecule has 0 aliphatic heterocycles. The van der Waals surface area contributed by atoms with Crippen LogP contribution in [0, 0.1) is 6.92 Å². The second-order valence-corrected chi connectivity index (χ2v) is 7.68. The predicted molar refractivity (Wildman–Crippen MR) is 96.4 cm³/mol. The monoisotopic (exact) mass is 359 g/mol. The molecular weight excluding hydrogens is 338 g/mol. The maximum atomic E-state index is 12.4. The number of aromatic nitrogens is 1. The van der Waals surface area contributed by atoms with E-state index in [4.69, 9.17) is 4.74 Å². The minimum absolute atomic E-state index is 0.198. The molecule has 7 heteroatoms. The molecule has 0 saturated heterocycles. The summed E-state index contributed by atoms with van der Waals surface area (Å²) in [7, 11) is -2.11. The molecule has 1 aromatic carbocycles. The van der Waals surface area contributed by atoms with Gasteiger partial charge in [0.25, 0.3) is 10.0 Å². The molecule has 0 unspecified atom stereocenters. The highest BCUT2D eigenvalue weighted by Crippen LogP contribution is 2.22. The maximum absolute atomic E-state index is 12.4. The normalized spacial score (nSPS) is 16.2. The molecule has 0 saturated carbocycles.